The van der Waals surface area contributed by atoms with Gasteiger partial charge in [-0.15, -0.1) is 0 Å². The molecule has 0 unspecified atom stereocenters. The number of benzene rings is 4. The predicted molar refractivity (Wildman–Crippen MR) is 153 cm³/mol. The van der Waals surface area contributed by atoms with Crippen LogP contribution in [0.25, 0.3) is 10.8 Å². The maximum absolute atomic E-state index is 13.0. The summed E-state index contributed by atoms with van der Waals surface area (Å²) in [5.41, 5.74) is 3.33. The molecule has 4 aromatic rings. The van der Waals surface area contributed by atoms with Crippen molar-refractivity contribution in [3.63, 3.8) is 0 Å². The highest BCUT2D eigenvalue weighted by atomic mass is 35.5. The second-order valence-corrected chi connectivity index (χ2v) is 9.08. The zero-order valence-corrected chi connectivity index (χ0v) is 22.9. The van der Waals surface area contributed by atoms with Gasteiger partial charge in [-0.1, -0.05) is 53.5 Å². The van der Waals surface area contributed by atoms with Crippen molar-refractivity contribution in [2.24, 2.45) is 5.10 Å². The van der Waals surface area contributed by atoms with Crippen LogP contribution in [0.1, 0.15) is 26.3 Å². The molecular weight excluding hydrogens is 557 g/mol. The fourth-order valence-corrected chi connectivity index (χ4v) is 4.03. The van der Waals surface area contributed by atoms with E-state index in [1.54, 1.807) is 24.3 Å². The van der Waals surface area contributed by atoms with Gasteiger partial charge in [0, 0.05) is 11.1 Å². The first kappa shape index (κ1) is 28.4. The van der Waals surface area contributed by atoms with Crippen molar-refractivity contribution >= 4 is 58.0 Å². The zero-order valence-electron chi connectivity index (χ0n) is 21.4. The standard InChI is InChI=1S/C29H23Cl2N3O6/c1-38-25-12-9-19(14-26(25)39-2)29(37)40-24-11-8-17-5-3-4-6-20(17)21(24)15-33-34-27(35)16-32-28(36)18-7-10-22(30)23(31)13-18/h3-15H,16H2,1-2H3,(H,32,36)(H,34,35)/b33-15+. The van der Waals surface area contributed by atoms with Gasteiger partial charge >= 0.3 is 5.97 Å². The number of hydrogen-bond acceptors (Lipinski definition) is 7. The summed E-state index contributed by atoms with van der Waals surface area (Å²) in [5, 5.41) is 8.65. The molecule has 11 heteroatoms. The summed E-state index contributed by atoms with van der Waals surface area (Å²) in [4.78, 5) is 37.6. The summed E-state index contributed by atoms with van der Waals surface area (Å²) >= 11 is 11.8. The Kier molecular flexibility index (Phi) is 9.21. The third-order valence-corrected chi connectivity index (χ3v) is 6.47. The summed E-state index contributed by atoms with van der Waals surface area (Å²) in [6.07, 6.45) is 1.37. The Hall–Kier alpha value is -4.60. The number of ether oxygens (including phenoxy) is 3. The molecule has 0 aliphatic rings. The molecule has 0 atom stereocenters. The molecule has 2 N–H and O–H groups in total. The number of carbonyl (C=O) groups excluding carboxylic acids is 3. The van der Waals surface area contributed by atoms with Crippen LogP contribution in [0.3, 0.4) is 0 Å². The van der Waals surface area contributed by atoms with Crippen LogP contribution in [-0.2, 0) is 4.79 Å². The van der Waals surface area contributed by atoms with E-state index in [4.69, 9.17) is 37.4 Å². The molecule has 0 saturated carbocycles. The van der Waals surface area contributed by atoms with Crippen LogP contribution in [0.5, 0.6) is 17.2 Å². The fraction of sp³-hybridized carbons (Fsp3) is 0.103. The number of carbonyl (C=O) groups is 3. The lowest BCUT2D eigenvalue weighted by atomic mass is 10.0. The quantitative estimate of drug-likeness (QED) is 0.121. The first-order chi connectivity index (χ1) is 19.3. The topological polar surface area (TPSA) is 115 Å². The summed E-state index contributed by atoms with van der Waals surface area (Å²) in [5.74, 6) is -0.623. The highest BCUT2D eigenvalue weighted by molar-refractivity contribution is 6.42. The lowest BCUT2D eigenvalue weighted by Crippen LogP contribution is -2.34. The summed E-state index contributed by atoms with van der Waals surface area (Å²) < 4.78 is 16.2. The number of esters is 1. The van der Waals surface area contributed by atoms with E-state index in [1.165, 1.54) is 44.7 Å². The molecule has 0 spiro atoms. The Morgan fingerprint density at radius 2 is 1.55 bits per heavy atom. The number of fused-ring (bicyclic) bond motifs is 1. The van der Waals surface area contributed by atoms with Crippen molar-refractivity contribution in [2.75, 3.05) is 20.8 Å². The molecule has 4 rings (SSSR count). The van der Waals surface area contributed by atoms with E-state index >= 15 is 0 Å². The maximum atomic E-state index is 13.0. The largest absolute Gasteiger partial charge is 0.493 e. The van der Waals surface area contributed by atoms with Crippen LogP contribution in [0.4, 0.5) is 0 Å². The van der Waals surface area contributed by atoms with Crippen LogP contribution in [-0.4, -0.2) is 44.8 Å². The first-order valence-corrected chi connectivity index (χ1v) is 12.6. The molecule has 0 heterocycles. The van der Waals surface area contributed by atoms with Gasteiger partial charge in [0.15, 0.2) is 11.5 Å². The number of nitrogens with zero attached hydrogens (tertiary/aromatic N) is 1. The highest BCUT2D eigenvalue weighted by Crippen LogP contribution is 2.30. The van der Waals surface area contributed by atoms with E-state index in [-0.39, 0.29) is 28.4 Å². The second-order valence-electron chi connectivity index (χ2n) is 8.26. The normalized spacial score (nSPS) is 10.8. The zero-order chi connectivity index (χ0) is 28.6. The third-order valence-electron chi connectivity index (χ3n) is 5.73. The lowest BCUT2D eigenvalue weighted by Gasteiger charge is -2.12. The average Bonchev–Trinajstić information content (AvgIpc) is 2.97. The maximum Gasteiger partial charge on any atom is 0.343 e. The van der Waals surface area contributed by atoms with Crippen molar-refractivity contribution < 1.29 is 28.6 Å². The van der Waals surface area contributed by atoms with Crippen LogP contribution in [0.15, 0.2) is 77.9 Å². The Balaban J connectivity index is 1.48. The number of halogens is 2. The summed E-state index contributed by atoms with van der Waals surface area (Å²) in [6.45, 7) is -0.340. The minimum atomic E-state index is -0.625. The van der Waals surface area contributed by atoms with Crippen molar-refractivity contribution in [3.8, 4) is 17.2 Å². The van der Waals surface area contributed by atoms with E-state index in [0.717, 1.165) is 10.8 Å². The van der Waals surface area contributed by atoms with Crippen LogP contribution in [0, 0.1) is 0 Å². The Labute approximate surface area is 239 Å². The first-order valence-electron chi connectivity index (χ1n) is 11.8. The molecule has 0 radical (unpaired) electrons. The number of amides is 2. The van der Waals surface area contributed by atoms with Gasteiger partial charge in [0.1, 0.15) is 5.75 Å². The monoisotopic (exact) mass is 579 g/mol. The molecule has 0 aliphatic carbocycles. The Bertz CT molecular complexity index is 1620. The van der Waals surface area contributed by atoms with Crippen LogP contribution < -0.4 is 25.0 Å². The number of rotatable bonds is 9. The van der Waals surface area contributed by atoms with E-state index in [9.17, 15) is 14.4 Å². The van der Waals surface area contributed by atoms with Crippen molar-refractivity contribution in [2.45, 2.75) is 0 Å². The SMILES string of the molecule is COc1ccc(C(=O)Oc2ccc3ccccc3c2/C=N/NC(=O)CNC(=O)c2ccc(Cl)c(Cl)c2)cc1OC. The second kappa shape index (κ2) is 13.0. The molecule has 0 bridgehead atoms. The Morgan fingerprint density at radius 1 is 0.825 bits per heavy atom. The molecular formula is C29H23Cl2N3O6. The van der Waals surface area contributed by atoms with Gasteiger partial charge in [0.25, 0.3) is 11.8 Å². The van der Waals surface area contributed by atoms with Crippen molar-refractivity contribution in [1.29, 1.82) is 0 Å². The molecule has 9 nitrogen and oxygen atoms in total. The van der Waals surface area contributed by atoms with Gasteiger partial charge in [-0.25, -0.2) is 10.2 Å². The van der Waals surface area contributed by atoms with Gasteiger partial charge in [-0.3, -0.25) is 9.59 Å². The number of nitrogens with one attached hydrogen (secondary N) is 2. The van der Waals surface area contributed by atoms with Crippen molar-refractivity contribution in [1.82, 2.24) is 10.7 Å². The number of hydrogen-bond donors (Lipinski definition) is 2. The van der Waals surface area contributed by atoms with Crippen molar-refractivity contribution in [3.05, 3.63) is 99.5 Å². The number of hydrazone groups is 1. The van der Waals surface area contributed by atoms with Crippen LogP contribution in [0.2, 0.25) is 10.0 Å². The minimum Gasteiger partial charge on any atom is -0.493 e. The lowest BCUT2D eigenvalue weighted by molar-refractivity contribution is -0.120. The van der Waals surface area contributed by atoms with Gasteiger partial charge in [-0.2, -0.15) is 5.10 Å². The van der Waals surface area contributed by atoms with E-state index < -0.39 is 17.8 Å². The van der Waals surface area contributed by atoms with E-state index in [1.807, 2.05) is 24.3 Å². The minimum absolute atomic E-state index is 0.223. The third kappa shape index (κ3) is 6.69. The van der Waals surface area contributed by atoms with E-state index in [0.29, 0.717) is 22.1 Å². The summed E-state index contributed by atoms with van der Waals surface area (Å²) in [6, 6.07) is 19.9. The Morgan fingerprint density at radius 3 is 2.30 bits per heavy atom. The van der Waals surface area contributed by atoms with E-state index in [2.05, 4.69) is 15.8 Å². The van der Waals surface area contributed by atoms with Crippen LogP contribution >= 0.6 is 23.2 Å². The molecule has 0 saturated heterocycles. The predicted octanol–water partition coefficient (Wildman–Crippen LogP) is 5.26. The molecule has 0 fully saturated rings. The van der Waals surface area contributed by atoms with Gasteiger partial charge in [0.2, 0.25) is 0 Å². The molecule has 4 aromatic carbocycles. The summed E-state index contributed by atoms with van der Waals surface area (Å²) in [7, 11) is 2.97. The fourth-order valence-electron chi connectivity index (χ4n) is 3.73. The number of methoxy groups -OCH3 is 2. The molecule has 40 heavy (non-hydrogen) atoms. The average molecular weight is 580 g/mol. The molecule has 2 amide bonds. The van der Waals surface area contributed by atoms with Gasteiger partial charge in [-0.05, 0) is 53.2 Å². The highest BCUT2D eigenvalue weighted by Gasteiger charge is 2.16. The van der Waals surface area contributed by atoms with Gasteiger partial charge in [0.05, 0.1) is 42.6 Å². The molecule has 204 valence electrons. The van der Waals surface area contributed by atoms with Gasteiger partial charge < -0.3 is 19.5 Å². The molecule has 0 aliphatic heterocycles. The smallest absolute Gasteiger partial charge is 0.343 e. The molecule has 0 aromatic heterocycles.